The van der Waals surface area contributed by atoms with Gasteiger partial charge in [0, 0.05) is 10.6 Å². The van der Waals surface area contributed by atoms with Crippen molar-refractivity contribution in [3.05, 3.63) is 68.9 Å². The normalized spacial score (nSPS) is 10.6. The summed E-state index contributed by atoms with van der Waals surface area (Å²) in [4.78, 5) is 28.9. The van der Waals surface area contributed by atoms with Gasteiger partial charge in [-0.15, -0.1) is 11.3 Å². The molecular formula is C19H13Cl2FN2O3S. The van der Waals surface area contributed by atoms with Crippen LogP contribution in [0.3, 0.4) is 0 Å². The van der Waals surface area contributed by atoms with Gasteiger partial charge in [-0.25, -0.2) is 14.2 Å². The first-order valence-electron chi connectivity index (χ1n) is 7.99. The fourth-order valence-corrected chi connectivity index (χ4v) is 3.58. The molecule has 0 spiro atoms. The number of amides is 1. The van der Waals surface area contributed by atoms with Crippen LogP contribution in [0.15, 0.2) is 42.5 Å². The molecule has 3 rings (SSSR count). The van der Waals surface area contributed by atoms with Gasteiger partial charge in [-0.2, -0.15) is 0 Å². The average molecular weight is 439 g/mol. The Morgan fingerprint density at radius 1 is 1.18 bits per heavy atom. The molecule has 0 saturated carbocycles. The zero-order chi connectivity index (χ0) is 20.3. The molecule has 0 atom stereocenters. The Morgan fingerprint density at radius 3 is 2.57 bits per heavy atom. The SMILES string of the molecule is Cc1nc(-c2ccc(Cl)cc2)sc1C(=O)OCC(=O)Nc1ccc(F)cc1Cl. The van der Waals surface area contributed by atoms with Gasteiger partial charge >= 0.3 is 5.97 Å². The number of carbonyl (C=O) groups excluding carboxylic acids is 2. The first-order valence-corrected chi connectivity index (χ1v) is 9.56. The van der Waals surface area contributed by atoms with E-state index in [4.69, 9.17) is 27.9 Å². The maximum Gasteiger partial charge on any atom is 0.350 e. The van der Waals surface area contributed by atoms with Crippen molar-refractivity contribution in [2.45, 2.75) is 6.92 Å². The number of anilines is 1. The van der Waals surface area contributed by atoms with Crippen molar-refractivity contribution in [1.29, 1.82) is 0 Å². The van der Waals surface area contributed by atoms with E-state index < -0.39 is 24.3 Å². The maximum absolute atomic E-state index is 13.0. The molecule has 144 valence electrons. The van der Waals surface area contributed by atoms with Crippen LogP contribution in [0.2, 0.25) is 10.0 Å². The maximum atomic E-state index is 13.0. The summed E-state index contributed by atoms with van der Waals surface area (Å²) in [6.45, 7) is 1.17. The molecular weight excluding hydrogens is 426 g/mol. The third kappa shape index (κ3) is 4.86. The Labute approximate surface area is 174 Å². The highest BCUT2D eigenvalue weighted by Crippen LogP contribution is 2.29. The highest BCUT2D eigenvalue weighted by molar-refractivity contribution is 7.17. The second-order valence-corrected chi connectivity index (χ2v) is 7.53. The molecule has 1 N–H and O–H groups in total. The number of carbonyl (C=O) groups is 2. The van der Waals surface area contributed by atoms with E-state index in [0.717, 1.165) is 29.0 Å². The molecule has 0 aliphatic rings. The number of aromatic nitrogens is 1. The van der Waals surface area contributed by atoms with Crippen LogP contribution in [0.25, 0.3) is 10.6 Å². The standard InChI is InChI=1S/C19H13Cl2FN2O3S/c1-10-17(28-18(23-10)11-2-4-12(20)5-3-11)19(26)27-9-16(25)24-15-7-6-13(22)8-14(15)21/h2-8H,9H2,1H3,(H,24,25). The summed E-state index contributed by atoms with van der Waals surface area (Å²) in [6.07, 6.45) is 0. The Bertz CT molecular complexity index is 1040. The highest BCUT2D eigenvalue weighted by Gasteiger charge is 2.19. The number of ether oxygens (including phenoxy) is 1. The second-order valence-electron chi connectivity index (χ2n) is 5.69. The largest absolute Gasteiger partial charge is 0.451 e. The third-order valence-corrected chi connectivity index (χ3v) is 5.36. The molecule has 2 aromatic carbocycles. The molecule has 28 heavy (non-hydrogen) atoms. The highest BCUT2D eigenvalue weighted by atomic mass is 35.5. The van der Waals surface area contributed by atoms with E-state index in [9.17, 15) is 14.0 Å². The van der Waals surface area contributed by atoms with Gasteiger partial charge in [0.25, 0.3) is 5.91 Å². The summed E-state index contributed by atoms with van der Waals surface area (Å²) >= 11 is 12.9. The second kappa shape index (κ2) is 8.68. The van der Waals surface area contributed by atoms with Crippen LogP contribution in [-0.2, 0) is 9.53 Å². The van der Waals surface area contributed by atoms with Crippen molar-refractivity contribution in [2.75, 3.05) is 11.9 Å². The van der Waals surface area contributed by atoms with Crippen molar-refractivity contribution in [3.63, 3.8) is 0 Å². The molecule has 0 unspecified atom stereocenters. The number of thiazole rings is 1. The molecule has 9 heteroatoms. The molecule has 5 nitrogen and oxygen atoms in total. The van der Waals surface area contributed by atoms with Crippen molar-refractivity contribution in [2.24, 2.45) is 0 Å². The van der Waals surface area contributed by atoms with E-state index in [1.165, 1.54) is 6.07 Å². The zero-order valence-corrected chi connectivity index (χ0v) is 16.8. The Kier molecular flexibility index (Phi) is 6.28. The van der Waals surface area contributed by atoms with E-state index in [1.54, 1.807) is 31.2 Å². The number of nitrogens with zero attached hydrogens (tertiary/aromatic N) is 1. The summed E-state index contributed by atoms with van der Waals surface area (Å²) < 4.78 is 18.1. The van der Waals surface area contributed by atoms with E-state index in [-0.39, 0.29) is 10.7 Å². The molecule has 3 aromatic rings. The summed E-state index contributed by atoms with van der Waals surface area (Å²) in [5.74, 6) is -1.77. The van der Waals surface area contributed by atoms with Crippen molar-refractivity contribution >= 4 is 52.1 Å². The predicted molar refractivity (Wildman–Crippen MR) is 108 cm³/mol. The van der Waals surface area contributed by atoms with Crippen LogP contribution < -0.4 is 5.32 Å². The number of halogens is 3. The lowest BCUT2D eigenvalue weighted by Crippen LogP contribution is -2.21. The van der Waals surface area contributed by atoms with Crippen LogP contribution in [-0.4, -0.2) is 23.5 Å². The third-order valence-electron chi connectivity index (χ3n) is 3.61. The number of rotatable bonds is 5. The summed E-state index contributed by atoms with van der Waals surface area (Å²) in [5, 5.41) is 3.75. The van der Waals surface area contributed by atoms with E-state index in [2.05, 4.69) is 10.3 Å². The van der Waals surface area contributed by atoms with E-state index in [0.29, 0.717) is 20.6 Å². The number of hydrogen-bond donors (Lipinski definition) is 1. The van der Waals surface area contributed by atoms with E-state index >= 15 is 0 Å². The van der Waals surface area contributed by atoms with Gasteiger partial charge < -0.3 is 10.1 Å². The van der Waals surface area contributed by atoms with Gasteiger partial charge in [-0.05, 0) is 37.3 Å². The Balaban J connectivity index is 1.63. The van der Waals surface area contributed by atoms with Crippen LogP contribution >= 0.6 is 34.5 Å². The van der Waals surface area contributed by atoms with Gasteiger partial charge in [-0.1, -0.05) is 35.3 Å². The Hall–Kier alpha value is -2.48. The minimum atomic E-state index is -0.657. The molecule has 0 saturated heterocycles. The number of aryl methyl sites for hydroxylation is 1. The molecule has 0 aliphatic heterocycles. The monoisotopic (exact) mass is 438 g/mol. The zero-order valence-electron chi connectivity index (χ0n) is 14.5. The molecule has 1 amide bonds. The minimum Gasteiger partial charge on any atom is -0.451 e. The van der Waals surface area contributed by atoms with Crippen LogP contribution in [0.1, 0.15) is 15.4 Å². The first kappa shape index (κ1) is 20.3. The summed E-state index contributed by atoms with van der Waals surface area (Å²) in [5.41, 5.74) is 1.55. The molecule has 0 aliphatic carbocycles. The van der Waals surface area contributed by atoms with Gasteiger partial charge in [0.15, 0.2) is 6.61 Å². The molecule has 1 aromatic heterocycles. The van der Waals surface area contributed by atoms with Gasteiger partial charge in [-0.3, -0.25) is 4.79 Å². The van der Waals surface area contributed by atoms with Crippen molar-refractivity contribution < 1.29 is 18.7 Å². The number of nitrogens with one attached hydrogen (secondary N) is 1. The molecule has 0 bridgehead atoms. The average Bonchev–Trinajstić information content (AvgIpc) is 3.04. The summed E-state index contributed by atoms with van der Waals surface area (Å²) in [7, 11) is 0. The lowest BCUT2D eigenvalue weighted by molar-refractivity contribution is -0.119. The lowest BCUT2D eigenvalue weighted by atomic mass is 10.2. The molecule has 1 heterocycles. The molecule has 0 radical (unpaired) electrons. The first-order chi connectivity index (χ1) is 13.3. The number of hydrogen-bond acceptors (Lipinski definition) is 5. The van der Waals surface area contributed by atoms with Gasteiger partial charge in [0.1, 0.15) is 15.7 Å². The lowest BCUT2D eigenvalue weighted by Gasteiger charge is -2.07. The van der Waals surface area contributed by atoms with Crippen LogP contribution in [0.5, 0.6) is 0 Å². The topological polar surface area (TPSA) is 68.3 Å². The fourth-order valence-electron chi connectivity index (χ4n) is 2.28. The Morgan fingerprint density at radius 2 is 1.89 bits per heavy atom. The fraction of sp³-hybridized carbons (Fsp3) is 0.105. The van der Waals surface area contributed by atoms with Crippen molar-refractivity contribution in [3.8, 4) is 10.6 Å². The minimum absolute atomic E-state index is 0.0468. The number of benzene rings is 2. The van der Waals surface area contributed by atoms with E-state index in [1.807, 2.05) is 0 Å². The van der Waals surface area contributed by atoms with Gasteiger partial charge in [0.2, 0.25) is 0 Å². The number of esters is 1. The predicted octanol–water partition coefficient (Wildman–Crippen LogP) is 5.36. The van der Waals surface area contributed by atoms with Crippen LogP contribution in [0, 0.1) is 12.7 Å². The van der Waals surface area contributed by atoms with Gasteiger partial charge in [0.05, 0.1) is 16.4 Å². The van der Waals surface area contributed by atoms with Crippen LogP contribution in [0.4, 0.5) is 10.1 Å². The quantitative estimate of drug-likeness (QED) is 0.544. The van der Waals surface area contributed by atoms with Crippen molar-refractivity contribution in [1.82, 2.24) is 4.98 Å². The molecule has 0 fully saturated rings. The summed E-state index contributed by atoms with van der Waals surface area (Å²) in [6, 6.07) is 10.6. The smallest absolute Gasteiger partial charge is 0.350 e.